The third-order valence-electron chi connectivity index (χ3n) is 0. The van der Waals surface area contributed by atoms with Gasteiger partial charge in [-0.2, -0.15) is 0 Å². The van der Waals surface area contributed by atoms with E-state index < -0.39 is 0 Å². The molecule has 0 spiro atoms. The molecule has 0 heterocycles. The Kier molecular flexibility index (Phi) is 81.6. The Balaban J connectivity index is -0.00000000667. The molecule has 26 valence electrons. The third-order valence-corrected chi connectivity index (χ3v) is 0. The van der Waals surface area contributed by atoms with E-state index in [1.54, 1.807) is 0 Å². The first-order valence-electron chi connectivity index (χ1n) is 0.516. The van der Waals surface area contributed by atoms with Gasteiger partial charge in [-0.25, -0.2) is 0 Å². The average molecular weight is 83.0 g/mol. The van der Waals surface area contributed by atoms with Crippen molar-refractivity contribution in [1.29, 1.82) is 0 Å². The molecular weight excluding hydrogens is 75.9 g/mol. The monoisotopic (exact) mass is 83.1 g/mol. The zero-order valence-electron chi connectivity index (χ0n) is 3.60. The Bertz CT molecular complexity index is 23.0. The van der Waals surface area contributed by atoms with E-state index in [-0.39, 0.29) is 37.6 Å². The van der Waals surface area contributed by atoms with Gasteiger partial charge in [-0.3, -0.25) is 0 Å². The molecule has 0 fully saturated rings. The molecule has 5 heavy (non-hydrogen) atoms. The molecule has 0 aromatic rings. The fraction of sp³-hybridized carbons (Fsp3) is 0. The summed E-state index contributed by atoms with van der Waals surface area (Å²) in [6, 6.07) is 0. The van der Waals surface area contributed by atoms with Crippen LogP contribution < -0.4 is 18.9 Å². The summed E-state index contributed by atoms with van der Waals surface area (Å²) in [6.07, 6.45) is 0. The normalized spacial score (nSPS) is 2.40. The molecule has 0 aliphatic rings. The second-order valence-corrected chi connectivity index (χ2v) is 0.141. The fourth-order valence-electron chi connectivity index (χ4n) is 0. The molecule has 0 unspecified atom stereocenters. The molecule has 0 aliphatic heterocycles. The molecule has 0 saturated carbocycles. The Labute approximate surface area is 55.0 Å². The zero-order valence-corrected chi connectivity index (χ0v) is 2.60. The van der Waals surface area contributed by atoms with E-state index in [2.05, 4.69) is 11.9 Å². The summed E-state index contributed by atoms with van der Waals surface area (Å²) in [5.41, 5.74) is 0. The maximum Gasteiger partial charge on any atom is 1.00 e. The molecule has 0 aliphatic carbocycles. The molecule has 0 saturated heterocycles. The predicted octanol–water partition coefficient (Wildman–Crippen LogP) is -3.99. The van der Waals surface area contributed by atoms with Crippen molar-refractivity contribution < 1.29 is 25.5 Å². The van der Waals surface area contributed by atoms with Crippen molar-refractivity contribution in [1.82, 2.24) is 0 Å². The van der Waals surface area contributed by atoms with Crippen LogP contribution in [0.2, 0.25) is 0 Å². The SMILES string of the molecule is C=NO.[AlH3].[H-].[Li+]. The average Bonchev–Trinajstić information content (AvgIpc) is 0.918. The van der Waals surface area contributed by atoms with Crippen molar-refractivity contribution in [2.24, 2.45) is 5.16 Å². The van der Waals surface area contributed by atoms with Crippen LogP contribution in [0.1, 0.15) is 1.43 Å². The number of nitrogens with zero attached hydrogens (tertiary/aromatic N) is 1. The summed E-state index contributed by atoms with van der Waals surface area (Å²) >= 11 is 0. The van der Waals surface area contributed by atoms with E-state index in [1.165, 1.54) is 0 Å². The maximum atomic E-state index is 7.08. The van der Waals surface area contributed by atoms with Crippen molar-refractivity contribution >= 4 is 24.1 Å². The van der Waals surface area contributed by atoms with Gasteiger partial charge in [0.25, 0.3) is 0 Å². The van der Waals surface area contributed by atoms with Crippen molar-refractivity contribution in [2.75, 3.05) is 0 Å². The van der Waals surface area contributed by atoms with Gasteiger partial charge in [0, 0.05) is 6.72 Å². The van der Waals surface area contributed by atoms with Gasteiger partial charge in [-0.15, -0.1) is 5.16 Å². The van der Waals surface area contributed by atoms with Gasteiger partial charge in [0.05, 0.1) is 0 Å². The molecule has 2 nitrogen and oxygen atoms in total. The number of rotatable bonds is 0. The molecule has 0 rings (SSSR count). The molecule has 0 aromatic heterocycles. The standard InChI is InChI=1S/CH3NO.Al.Li.4H/c1-2-3;;;;;;/h3H,1H2;;;;;;/q;;+1;;;;-1. The molecule has 0 atom stereocenters. The van der Waals surface area contributed by atoms with Crippen molar-refractivity contribution in [3.05, 3.63) is 0 Å². The quantitative estimate of drug-likeness (QED) is 0.138. The third kappa shape index (κ3) is 86.4. The van der Waals surface area contributed by atoms with Gasteiger partial charge in [-0.05, 0) is 0 Å². The summed E-state index contributed by atoms with van der Waals surface area (Å²) in [4.78, 5) is 0. The minimum Gasteiger partial charge on any atom is -1.00 e. The Morgan fingerprint density at radius 1 is 1.80 bits per heavy atom. The van der Waals surface area contributed by atoms with Crippen LogP contribution in [0.25, 0.3) is 0 Å². The van der Waals surface area contributed by atoms with Crippen molar-refractivity contribution in [3.63, 3.8) is 0 Å². The molecule has 0 aromatic carbocycles. The van der Waals surface area contributed by atoms with Crippen LogP contribution in [0.15, 0.2) is 5.16 Å². The van der Waals surface area contributed by atoms with Crippen molar-refractivity contribution in [3.8, 4) is 0 Å². The minimum atomic E-state index is 0. The van der Waals surface area contributed by atoms with E-state index in [1.807, 2.05) is 0 Å². The van der Waals surface area contributed by atoms with Crippen molar-refractivity contribution in [2.45, 2.75) is 0 Å². The summed E-state index contributed by atoms with van der Waals surface area (Å²) in [6.45, 7) is 2.67. The van der Waals surface area contributed by atoms with Gasteiger partial charge in [-0.1, -0.05) is 0 Å². The number of hydrogen-bond donors (Lipinski definition) is 1. The van der Waals surface area contributed by atoms with Crippen LogP contribution in [0.4, 0.5) is 0 Å². The number of oxime groups is 1. The smallest absolute Gasteiger partial charge is 1.00 e. The van der Waals surface area contributed by atoms with E-state index >= 15 is 0 Å². The van der Waals surface area contributed by atoms with Gasteiger partial charge in [0.1, 0.15) is 0 Å². The second-order valence-electron chi connectivity index (χ2n) is 0.141. The Morgan fingerprint density at radius 3 is 1.80 bits per heavy atom. The molecule has 4 heteroatoms. The first-order chi connectivity index (χ1) is 1.41. The largest absolute Gasteiger partial charge is 1.00 e. The van der Waals surface area contributed by atoms with E-state index in [0.717, 1.165) is 0 Å². The van der Waals surface area contributed by atoms with Crippen LogP contribution >= 0.6 is 0 Å². The Hall–Kier alpha value is 0.600. The molecular formula is CH7AlLiNO. The maximum absolute atomic E-state index is 7.08. The first-order valence-corrected chi connectivity index (χ1v) is 0.516. The topological polar surface area (TPSA) is 32.6 Å². The second kappa shape index (κ2) is 23.3. The van der Waals surface area contributed by atoms with Crippen LogP contribution in [0.3, 0.4) is 0 Å². The molecule has 0 bridgehead atoms. The summed E-state index contributed by atoms with van der Waals surface area (Å²) in [5, 5.41) is 9.33. The molecule has 0 amide bonds. The summed E-state index contributed by atoms with van der Waals surface area (Å²) in [7, 11) is 0. The van der Waals surface area contributed by atoms with Crippen LogP contribution in [0.5, 0.6) is 0 Å². The van der Waals surface area contributed by atoms with Gasteiger partial charge >= 0.3 is 18.9 Å². The van der Waals surface area contributed by atoms with Gasteiger partial charge < -0.3 is 6.63 Å². The van der Waals surface area contributed by atoms with E-state index in [4.69, 9.17) is 5.21 Å². The zero-order chi connectivity index (χ0) is 2.71. The predicted molar refractivity (Wildman–Crippen MR) is 22.4 cm³/mol. The molecule has 1 N–H and O–H groups in total. The van der Waals surface area contributed by atoms with E-state index in [0.29, 0.717) is 0 Å². The van der Waals surface area contributed by atoms with Crippen LogP contribution in [-0.4, -0.2) is 29.3 Å². The Morgan fingerprint density at radius 2 is 1.80 bits per heavy atom. The van der Waals surface area contributed by atoms with Crippen LogP contribution in [0, 0.1) is 0 Å². The molecule has 0 radical (unpaired) electrons. The van der Waals surface area contributed by atoms with Gasteiger partial charge in [0.15, 0.2) is 17.4 Å². The number of hydrogen-bond acceptors (Lipinski definition) is 2. The van der Waals surface area contributed by atoms with Crippen LogP contribution in [-0.2, 0) is 0 Å². The summed E-state index contributed by atoms with van der Waals surface area (Å²) in [5.74, 6) is 0. The summed E-state index contributed by atoms with van der Waals surface area (Å²) < 4.78 is 0. The minimum absolute atomic E-state index is 0. The fourth-order valence-corrected chi connectivity index (χ4v) is 0. The van der Waals surface area contributed by atoms with E-state index in [9.17, 15) is 0 Å². The first kappa shape index (κ1) is 17.5. The van der Waals surface area contributed by atoms with Gasteiger partial charge in [0.2, 0.25) is 0 Å².